The number of hydrogen-bond donors (Lipinski definition) is 2. The molecule has 10 heterocycles. The van der Waals surface area contributed by atoms with Crippen molar-refractivity contribution in [1.29, 1.82) is 0 Å². The predicted octanol–water partition coefficient (Wildman–Crippen LogP) is 9.45. The van der Waals surface area contributed by atoms with E-state index in [-0.39, 0.29) is 34.1 Å². The molecule has 84 heavy (non-hydrogen) atoms. The number of anilines is 12. The third-order valence-corrected chi connectivity index (χ3v) is 19.1. The van der Waals surface area contributed by atoms with E-state index in [4.69, 9.17) is 4.98 Å². The van der Waals surface area contributed by atoms with Gasteiger partial charge in [0.1, 0.15) is 27.9 Å². The van der Waals surface area contributed by atoms with E-state index < -0.39 is 18.6 Å². The maximum atomic E-state index is 13.8. The standard InChI is InChI=1S/C30H41N9OS.C29H36F3N9OS/c1-6-11-39-27-25(36(5)28(40)26-29(39)41-21(3)32-26)19-31-30(34-27)33-24-8-7-23(18-20(24)2)37-12-9-22(10-13-37)38-16-14-35(4)15-17-38;1-18-15-21(39-9-7-20(8-10-39)40-13-11-37(3)12-14-40)5-6-22(18)35-28-33-16-23-25(36-28)41(17-29(30,31)32)27-24(26(42)38(23)4)34-19(2)43-27/h7-8,18-19,22H,6,9-17H2,1-5H3,(H,31,33,34);5-6,15-16,20H,7-14,17H2,1-4H3,(H,33,35,36). The van der Waals surface area contributed by atoms with Gasteiger partial charge in [-0.2, -0.15) is 23.1 Å². The zero-order valence-corrected chi connectivity index (χ0v) is 51.3. The number of likely N-dealkylation sites (N-methyl/N-ethyl adjacent to an activating group) is 2. The minimum atomic E-state index is -4.54. The molecule has 0 aliphatic carbocycles. The Morgan fingerprint density at radius 2 is 0.964 bits per heavy atom. The summed E-state index contributed by atoms with van der Waals surface area (Å²) in [6.45, 7) is 22.7. The molecule has 2 aromatic carbocycles. The number of nitrogens with one attached hydrogen (secondary N) is 2. The molecule has 6 aliphatic rings. The van der Waals surface area contributed by atoms with Gasteiger partial charge in [-0.1, -0.05) is 6.92 Å². The molecule has 0 unspecified atom stereocenters. The molecule has 4 fully saturated rings. The summed E-state index contributed by atoms with van der Waals surface area (Å²) in [6, 6.07) is 14.1. The number of benzene rings is 2. The monoisotopic (exact) mass is 1190 g/mol. The van der Waals surface area contributed by atoms with Crippen molar-refractivity contribution in [2.45, 2.75) is 85.0 Å². The van der Waals surface area contributed by atoms with E-state index in [2.05, 4.69) is 128 Å². The van der Waals surface area contributed by atoms with Crippen LogP contribution in [-0.2, 0) is 0 Å². The molecule has 6 aromatic rings. The lowest BCUT2D eigenvalue weighted by atomic mass is 10.0. The second-order valence-corrected chi connectivity index (χ2v) is 25.4. The van der Waals surface area contributed by atoms with E-state index in [0.29, 0.717) is 34.4 Å². The number of alkyl halides is 3. The van der Waals surface area contributed by atoms with Crippen LogP contribution in [0.4, 0.5) is 80.8 Å². The fourth-order valence-corrected chi connectivity index (χ4v) is 14.1. The number of rotatable bonds is 11. The molecule has 20 nitrogen and oxygen atoms in total. The lowest BCUT2D eigenvalue weighted by Crippen LogP contribution is -2.52. The number of aromatic nitrogens is 6. The molecule has 0 radical (unpaired) electrons. The molecule has 6 aliphatic heterocycles. The molecule has 448 valence electrons. The highest BCUT2D eigenvalue weighted by atomic mass is 32.1. The Kier molecular flexibility index (Phi) is 17.3. The largest absolute Gasteiger partial charge is 0.406 e. The summed E-state index contributed by atoms with van der Waals surface area (Å²) in [4.78, 5) is 74.6. The van der Waals surface area contributed by atoms with Gasteiger partial charge in [0.05, 0.1) is 22.4 Å². The van der Waals surface area contributed by atoms with Crippen molar-refractivity contribution in [2.75, 3.05) is 160 Å². The summed E-state index contributed by atoms with van der Waals surface area (Å²) in [5.41, 5.74) is 7.59. The van der Waals surface area contributed by atoms with Gasteiger partial charge in [0.15, 0.2) is 23.0 Å². The number of piperidine rings is 2. The van der Waals surface area contributed by atoms with Gasteiger partial charge in [-0.05, 0) is 121 Å². The van der Waals surface area contributed by atoms with Crippen LogP contribution in [0.1, 0.15) is 81.1 Å². The fraction of sp³-hybridized carbons (Fsp3) is 0.525. The van der Waals surface area contributed by atoms with Crippen LogP contribution in [0, 0.1) is 27.7 Å². The average Bonchev–Trinajstić information content (AvgIpc) is 2.58. The van der Waals surface area contributed by atoms with Gasteiger partial charge in [-0.15, -0.1) is 22.7 Å². The van der Waals surface area contributed by atoms with Crippen molar-refractivity contribution in [3.05, 3.63) is 81.3 Å². The van der Waals surface area contributed by atoms with Crippen LogP contribution < -0.4 is 40.0 Å². The first-order valence-electron chi connectivity index (χ1n) is 29.3. The van der Waals surface area contributed by atoms with Crippen LogP contribution in [0.15, 0.2) is 48.8 Å². The summed E-state index contributed by atoms with van der Waals surface area (Å²) < 4.78 is 41.3. The molecular weight excluding hydrogens is 1110 g/mol. The lowest BCUT2D eigenvalue weighted by Gasteiger charge is -2.42. The molecule has 2 amide bonds. The van der Waals surface area contributed by atoms with Crippen molar-refractivity contribution in [3.63, 3.8) is 0 Å². The number of carbonyl (C=O) groups excluding carboxylic acids is 2. The Hall–Kier alpha value is -6.77. The normalized spacial score (nSPS) is 18.9. The van der Waals surface area contributed by atoms with Crippen molar-refractivity contribution < 1.29 is 22.8 Å². The number of aryl methyl sites for hydroxylation is 4. The number of piperazine rings is 2. The quantitative estimate of drug-likeness (QED) is 0.126. The molecule has 4 saturated heterocycles. The second kappa shape index (κ2) is 24.7. The molecule has 0 bridgehead atoms. The molecule has 0 saturated carbocycles. The Bertz CT molecular complexity index is 3350. The van der Waals surface area contributed by atoms with Gasteiger partial charge in [-0.25, -0.2) is 19.9 Å². The van der Waals surface area contributed by atoms with Crippen LogP contribution >= 0.6 is 22.7 Å². The van der Waals surface area contributed by atoms with Crippen molar-refractivity contribution in [2.24, 2.45) is 0 Å². The van der Waals surface area contributed by atoms with Crippen molar-refractivity contribution >= 4 is 102 Å². The molecule has 25 heteroatoms. The Labute approximate surface area is 498 Å². The fourth-order valence-electron chi connectivity index (χ4n) is 12.2. The highest BCUT2D eigenvalue weighted by Gasteiger charge is 2.41. The van der Waals surface area contributed by atoms with Crippen molar-refractivity contribution in [3.8, 4) is 0 Å². The first-order valence-corrected chi connectivity index (χ1v) is 30.9. The van der Waals surface area contributed by atoms with E-state index >= 15 is 0 Å². The van der Waals surface area contributed by atoms with Gasteiger partial charge in [0, 0.05) is 134 Å². The summed E-state index contributed by atoms with van der Waals surface area (Å²) in [5.74, 6) is 0.728. The first-order chi connectivity index (χ1) is 40.3. The zero-order valence-electron chi connectivity index (χ0n) is 49.6. The topological polar surface area (TPSA) is 168 Å². The van der Waals surface area contributed by atoms with Gasteiger partial charge in [-0.3, -0.25) is 19.4 Å². The van der Waals surface area contributed by atoms with Gasteiger partial charge >= 0.3 is 6.18 Å². The van der Waals surface area contributed by atoms with Gasteiger partial charge in [0.2, 0.25) is 11.9 Å². The molecule has 4 aromatic heterocycles. The van der Waals surface area contributed by atoms with Crippen LogP contribution in [0.3, 0.4) is 0 Å². The molecular formula is C59H77F3N18O2S2. The minimum absolute atomic E-state index is 0.00873. The molecule has 0 spiro atoms. The van der Waals surface area contributed by atoms with E-state index in [1.807, 2.05) is 19.9 Å². The molecule has 0 atom stereocenters. The third kappa shape index (κ3) is 12.6. The smallest absolute Gasteiger partial charge is 0.371 e. The first kappa shape index (κ1) is 59.0. The van der Waals surface area contributed by atoms with E-state index in [0.717, 1.165) is 138 Å². The van der Waals surface area contributed by atoms with Crippen LogP contribution in [0.5, 0.6) is 0 Å². The van der Waals surface area contributed by atoms with Crippen LogP contribution in [0.25, 0.3) is 0 Å². The number of carbonyl (C=O) groups is 2. The Morgan fingerprint density at radius 3 is 1.36 bits per heavy atom. The number of nitrogens with zero attached hydrogens (tertiary/aromatic N) is 16. The Balaban J connectivity index is 0.000000176. The zero-order chi connectivity index (χ0) is 59.1. The summed E-state index contributed by atoms with van der Waals surface area (Å²) in [5, 5.41) is 8.97. The third-order valence-electron chi connectivity index (χ3n) is 17.1. The second-order valence-electron chi connectivity index (χ2n) is 23.0. The predicted molar refractivity (Wildman–Crippen MR) is 331 cm³/mol. The maximum Gasteiger partial charge on any atom is 0.406 e. The summed E-state index contributed by atoms with van der Waals surface area (Å²) >= 11 is 2.57. The summed E-state index contributed by atoms with van der Waals surface area (Å²) in [7, 11) is 7.66. The van der Waals surface area contributed by atoms with Crippen LogP contribution in [0.2, 0.25) is 0 Å². The van der Waals surface area contributed by atoms with E-state index in [1.54, 1.807) is 25.1 Å². The Morgan fingerprint density at radius 1 is 0.560 bits per heavy atom. The van der Waals surface area contributed by atoms with Crippen LogP contribution in [-0.4, -0.2) is 199 Å². The lowest BCUT2D eigenvalue weighted by molar-refractivity contribution is -0.118. The van der Waals surface area contributed by atoms with E-state index in [1.165, 1.54) is 74.2 Å². The highest BCUT2D eigenvalue weighted by molar-refractivity contribution is 7.16. The minimum Gasteiger partial charge on any atom is -0.371 e. The molecule has 2 N–H and O–H groups in total. The number of hydrogen-bond acceptors (Lipinski definition) is 20. The SMILES string of the molecule is CCCN1c2nc(Nc3ccc(N4CCC(N5CCN(C)CC5)CC4)cc3C)ncc2N(C)C(=O)c2nc(C)sc21.Cc1nc2c(s1)N(CC(F)(F)F)c1nc(Nc3ccc(N4CCC(N5CCN(C)CC5)CC4)cc3C)ncc1N(C)C2=O. The number of amides is 2. The summed E-state index contributed by atoms with van der Waals surface area (Å²) in [6.07, 6.45) is 4.20. The molecule has 12 rings (SSSR count). The van der Waals surface area contributed by atoms with Crippen molar-refractivity contribution in [1.82, 2.24) is 49.5 Å². The number of thiazole rings is 2. The average molecular weight is 1190 g/mol. The van der Waals surface area contributed by atoms with Gasteiger partial charge in [0.25, 0.3) is 11.8 Å². The van der Waals surface area contributed by atoms with E-state index in [9.17, 15) is 22.8 Å². The number of halogens is 3. The highest BCUT2D eigenvalue weighted by Crippen LogP contribution is 2.45. The van der Waals surface area contributed by atoms with Gasteiger partial charge < -0.3 is 49.8 Å². The number of fused-ring (bicyclic) bond motifs is 4. The maximum absolute atomic E-state index is 13.8.